The van der Waals surface area contributed by atoms with Crippen LogP contribution in [-0.2, 0) is 13.2 Å². The average molecular weight is 437 g/mol. The third-order valence-corrected chi connectivity index (χ3v) is 4.96. The maximum Gasteiger partial charge on any atom is 0.418 e. The van der Waals surface area contributed by atoms with E-state index in [0.717, 1.165) is 22.8 Å². The largest absolute Gasteiger partial charge is 0.418 e. The number of aryl methyl sites for hydroxylation is 1. The zero-order chi connectivity index (χ0) is 22.8. The maximum absolute atomic E-state index is 13.8. The van der Waals surface area contributed by atoms with Crippen LogP contribution < -0.4 is 16.8 Å². The second-order valence-corrected chi connectivity index (χ2v) is 7.29. The summed E-state index contributed by atoms with van der Waals surface area (Å²) in [5.41, 5.74) is 10.8. The molecule has 1 amide bonds. The van der Waals surface area contributed by atoms with Crippen LogP contribution in [0.5, 0.6) is 0 Å². The monoisotopic (exact) mass is 437 g/mol. The van der Waals surface area contributed by atoms with Gasteiger partial charge in [-0.05, 0) is 54.8 Å². The minimum atomic E-state index is -4.68. The second kappa shape index (κ2) is 9.03. The Morgan fingerprint density at radius 3 is 2.48 bits per heavy atom. The van der Waals surface area contributed by atoms with Crippen molar-refractivity contribution in [3.05, 3.63) is 53.6 Å². The molecule has 1 heterocycles. The summed E-state index contributed by atoms with van der Waals surface area (Å²) in [4.78, 5) is 16.7. The van der Waals surface area contributed by atoms with E-state index in [1.54, 1.807) is 0 Å². The molecule has 5 N–H and O–H groups in total. The highest BCUT2D eigenvalue weighted by Gasteiger charge is 2.35. The SMILES string of the molecule is Cn1c(C(=O)NC[C@H](N)CCCN)nc2cc(-c3ccc(F)cc3)cc(C(F)(F)F)c21. The molecule has 0 unspecified atom stereocenters. The van der Waals surface area contributed by atoms with Crippen molar-refractivity contribution in [2.45, 2.75) is 25.1 Å². The minimum absolute atomic E-state index is 0.00855. The van der Waals surface area contributed by atoms with Crippen molar-refractivity contribution < 1.29 is 22.4 Å². The maximum atomic E-state index is 13.8. The van der Waals surface area contributed by atoms with Gasteiger partial charge >= 0.3 is 6.18 Å². The Kier molecular flexibility index (Phi) is 6.61. The van der Waals surface area contributed by atoms with Crippen LogP contribution in [0.2, 0.25) is 0 Å². The topological polar surface area (TPSA) is 99.0 Å². The minimum Gasteiger partial charge on any atom is -0.348 e. The fraction of sp³-hybridized carbons (Fsp3) is 0.333. The Labute approximate surface area is 176 Å². The zero-order valence-electron chi connectivity index (χ0n) is 16.8. The molecule has 3 rings (SSSR count). The number of nitrogens with one attached hydrogen (secondary N) is 1. The van der Waals surface area contributed by atoms with Gasteiger partial charge in [0.15, 0.2) is 5.82 Å². The molecule has 0 aliphatic carbocycles. The van der Waals surface area contributed by atoms with E-state index < -0.39 is 23.5 Å². The number of rotatable bonds is 7. The molecular weight excluding hydrogens is 414 g/mol. The number of imidazole rings is 1. The van der Waals surface area contributed by atoms with Crippen LogP contribution in [0, 0.1) is 5.82 Å². The van der Waals surface area contributed by atoms with E-state index in [9.17, 15) is 22.4 Å². The van der Waals surface area contributed by atoms with Crippen LogP contribution in [0.25, 0.3) is 22.2 Å². The Morgan fingerprint density at radius 1 is 1.19 bits per heavy atom. The smallest absolute Gasteiger partial charge is 0.348 e. The van der Waals surface area contributed by atoms with Crippen molar-refractivity contribution in [2.75, 3.05) is 13.1 Å². The second-order valence-electron chi connectivity index (χ2n) is 7.29. The molecule has 31 heavy (non-hydrogen) atoms. The highest BCUT2D eigenvalue weighted by Crippen LogP contribution is 2.38. The summed E-state index contributed by atoms with van der Waals surface area (Å²) in [7, 11) is 1.35. The number of benzene rings is 2. The van der Waals surface area contributed by atoms with Crippen molar-refractivity contribution in [1.82, 2.24) is 14.9 Å². The zero-order valence-corrected chi connectivity index (χ0v) is 16.8. The summed E-state index contributed by atoms with van der Waals surface area (Å²) in [6, 6.07) is 7.20. The van der Waals surface area contributed by atoms with Crippen molar-refractivity contribution in [1.29, 1.82) is 0 Å². The predicted octanol–water partition coefficient (Wildman–Crippen LogP) is 3.19. The van der Waals surface area contributed by atoms with Gasteiger partial charge in [0.1, 0.15) is 5.82 Å². The first-order chi connectivity index (χ1) is 14.6. The number of hydrogen-bond acceptors (Lipinski definition) is 4. The molecule has 3 aromatic rings. The number of fused-ring (bicyclic) bond motifs is 1. The molecular formula is C21H23F4N5O. The predicted molar refractivity (Wildman–Crippen MR) is 110 cm³/mol. The molecule has 1 atom stereocenters. The quantitative estimate of drug-likeness (QED) is 0.495. The van der Waals surface area contributed by atoms with Gasteiger partial charge in [0.2, 0.25) is 0 Å². The third-order valence-electron chi connectivity index (χ3n) is 4.96. The summed E-state index contributed by atoms with van der Waals surface area (Å²) in [6.45, 7) is 0.623. The fourth-order valence-electron chi connectivity index (χ4n) is 3.37. The standard InChI is InChI=1S/C21H23F4N5O/c1-30-18-16(21(23,24)25)9-13(12-4-6-14(22)7-5-12)10-17(18)29-19(30)20(31)28-11-15(27)3-2-8-26/h4-7,9-10,15H,2-3,8,11,26-27H2,1H3,(H,28,31)/t15-/m1/s1. The Hall–Kier alpha value is -2.98. The van der Waals surface area contributed by atoms with Gasteiger partial charge in [-0.15, -0.1) is 0 Å². The lowest BCUT2D eigenvalue weighted by Crippen LogP contribution is -2.38. The molecule has 0 radical (unpaired) electrons. The average Bonchev–Trinajstić information content (AvgIpc) is 3.06. The fourth-order valence-corrected chi connectivity index (χ4v) is 3.37. The van der Waals surface area contributed by atoms with Crippen LogP contribution >= 0.6 is 0 Å². The highest BCUT2D eigenvalue weighted by molar-refractivity contribution is 5.96. The van der Waals surface area contributed by atoms with Gasteiger partial charge in [0, 0.05) is 19.6 Å². The number of carbonyl (C=O) groups excluding carboxylic acids is 1. The van der Waals surface area contributed by atoms with E-state index in [1.807, 2.05) is 0 Å². The van der Waals surface area contributed by atoms with E-state index >= 15 is 0 Å². The Morgan fingerprint density at radius 2 is 1.87 bits per heavy atom. The Balaban J connectivity index is 2.01. The lowest BCUT2D eigenvalue weighted by Gasteiger charge is -2.13. The van der Waals surface area contributed by atoms with E-state index in [2.05, 4.69) is 10.3 Å². The molecule has 166 valence electrons. The molecule has 0 spiro atoms. The van der Waals surface area contributed by atoms with Gasteiger partial charge in [-0.1, -0.05) is 12.1 Å². The molecule has 0 saturated carbocycles. The summed E-state index contributed by atoms with van der Waals surface area (Å²) < 4.78 is 55.8. The van der Waals surface area contributed by atoms with Crippen LogP contribution in [0.4, 0.5) is 17.6 Å². The van der Waals surface area contributed by atoms with Crippen molar-refractivity contribution >= 4 is 16.9 Å². The van der Waals surface area contributed by atoms with Gasteiger partial charge in [0.05, 0.1) is 16.6 Å². The van der Waals surface area contributed by atoms with Crippen molar-refractivity contribution in [3.63, 3.8) is 0 Å². The molecule has 0 aliphatic rings. The summed E-state index contributed by atoms with van der Waals surface area (Å²) in [5, 5.41) is 2.61. The van der Waals surface area contributed by atoms with Crippen LogP contribution in [0.15, 0.2) is 36.4 Å². The summed E-state index contributed by atoms with van der Waals surface area (Å²) >= 11 is 0. The van der Waals surface area contributed by atoms with Gasteiger partial charge in [-0.3, -0.25) is 4.79 Å². The van der Waals surface area contributed by atoms with E-state index in [0.29, 0.717) is 24.9 Å². The number of nitrogens with two attached hydrogens (primary N) is 2. The molecule has 0 bridgehead atoms. The molecule has 0 aliphatic heterocycles. The molecule has 0 saturated heterocycles. The number of alkyl halides is 3. The highest BCUT2D eigenvalue weighted by atomic mass is 19.4. The van der Waals surface area contributed by atoms with Crippen LogP contribution in [-0.4, -0.2) is 34.6 Å². The molecule has 6 nitrogen and oxygen atoms in total. The van der Waals surface area contributed by atoms with Crippen molar-refractivity contribution in [3.8, 4) is 11.1 Å². The number of aromatic nitrogens is 2. The first-order valence-electron chi connectivity index (χ1n) is 9.69. The van der Waals surface area contributed by atoms with E-state index in [1.165, 1.54) is 25.2 Å². The Bertz CT molecular complexity index is 1080. The van der Waals surface area contributed by atoms with Gasteiger partial charge in [-0.2, -0.15) is 13.2 Å². The lowest BCUT2D eigenvalue weighted by molar-refractivity contribution is -0.136. The van der Waals surface area contributed by atoms with Crippen LogP contribution in [0.1, 0.15) is 29.0 Å². The third kappa shape index (κ3) is 5.02. The van der Waals surface area contributed by atoms with Gasteiger partial charge < -0.3 is 21.4 Å². The van der Waals surface area contributed by atoms with Gasteiger partial charge in [-0.25, -0.2) is 9.37 Å². The number of nitrogens with zero attached hydrogens (tertiary/aromatic N) is 2. The normalized spacial score (nSPS) is 12.9. The first kappa shape index (κ1) is 22.7. The molecule has 0 fully saturated rings. The summed E-state index contributed by atoms with van der Waals surface area (Å²) in [5.74, 6) is -1.29. The number of halogens is 4. The lowest BCUT2D eigenvalue weighted by atomic mass is 10.0. The van der Waals surface area contributed by atoms with E-state index in [-0.39, 0.29) is 35.0 Å². The van der Waals surface area contributed by atoms with E-state index in [4.69, 9.17) is 11.5 Å². The number of carbonyl (C=O) groups is 1. The molecule has 10 heteroatoms. The first-order valence-corrected chi connectivity index (χ1v) is 9.69. The van der Waals surface area contributed by atoms with Crippen molar-refractivity contribution in [2.24, 2.45) is 18.5 Å². The summed E-state index contributed by atoms with van der Waals surface area (Å²) in [6.07, 6.45) is -3.37. The molecule has 2 aromatic carbocycles. The number of hydrogen-bond donors (Lipinski definition) is 3. The molecule has 1 aromatic heterocycles. The van der Waals surface area contributed by atoms with Crippen LogP contribution in [0.3, 0.4) is 0 Å². The van der Waals surface area contributed by atoms with Gasteiger partial charge in [0.25, 0.3) is 5.91 Å². The number of amides is 1.